The highest BCUT2D eigenvalue weighted by Gasteiger charge is 1.97. The lowest BCUT2D eigenvalue weighted by molar-refractivity contribution is 0.101. The molecule has 1 rings (SSSR count). The zero-order valence-electron chi connectivity index (χ0n) is 7.83. The van der Waals surface area contributed by atoms with Crippen molar-refractivity contribution >= 4 is 11.5 Å². The van der Waals surface area contributed by atoms with Gasteiger partial charge in [0.05, 0.1) is 0 Å². The second kappa shape index (κ2) is 4.62. The molecule has 0 atom stereocenters. The maximum absolute atomic E-state index is 10.9. The van der Waals surface area contributed by atoms with Crippen LogP contribution in [0.3, 0.4) is 0 Å². The van der Waals surface area contributed by atoms with E-state index >= 15 is 0 Å². The summed E-state index contributed by atoms with van der Waals surface area (Å²) in [7, 11) is 1.62. The molecule has 0 saturated heterocycles. The van der Waals surface area contributed by atoms with Crippen LogP contribution in [0.5, 0.6) is 0 Å². The molecule has 13 heavy (non-hydrogen) atoms. The third-order valence-corrected chi connectivity index (χ3v) is 1.71. The molecule has 0 amide bonds. The highest BCUT2D eigenvalue weighted by Crippen LogP contribution is 2.09. The number of Topliss-reactive ketones (excluding diaryl/α,β-unsaturated/α-hetero) is 1. The number of carbonyl (C=O) groups excluding carboxylic acids is 1. The molecule has 0 aliphatic heterocycles. The predicted molar refractivity (Wildman–Crippen MR) is 51.9 cm³/mol. The minimum absolute atomic E-state index is 0.0818. The lowest BCUT2D eigenvalue weighted by Gasteiger charge is -2.04. The molecule has 0 aromatic heterocycles. The molecule has 70 valence electrons. The van der Waals surface area contributed by atoms with Gasteiger partial charge in [0.25, 0.3) is 0 Å². The molecule has 0 fully saturated rings. The summed E-state index contributed by atoms with van der Waals surface area (Å²) in [6.45, 7) is 2.02. The SMILES string of the molecule is COCNc1ccc(C(C)=O)cc1. The fourth-order valence-corrected chi connectivity index (χ4v) is 0.978. The quantitative estimate of drug-likeness (QED) is 0.566. The number of hydrogen-bond acceptors (Lipinski definition) is 3. The van der Waals surface area contributed by atoms with Crippen LogP contribution in [-0.2, 0) is 4.74 Å². The Bertz CT molecular complexity index is 279. The van der Waals surface area contributed by atoms with Gasteiger partial charge in [0.2, 0.25) is 0 Å². The van der Waals surface area contributed by atoms with Crippen LogP contribution in [0.2, 0.25) is 0 Å². The van der Waals surface area contributed by atoms with Crippen LogP contribution in [0.15, 0.2) is 24.3 Å². The van der Waals surface area contributed by atoms with Crippen molar-refractivity contribution in [1.29, 1.82) is 0 Å². The van der Waals surface area contributed by atoms with Crippen molar-refractivity contribution in [1.82, 2.24) is 0 Å². The van der Waals surface area contributed by atoms with E-state index in [2.05, 4.69) is 5.32 Å². The number of methoxy groups -OCH3 is 1. The molecule has 3 heteroatoms. The Morgan fingerprint density at radius 3 is 2.46 bits per heavy atom. The first-order valence-corrected chi connectivity index (χ1v) is 4.08. The van der Waals surface area contributed by atoms with Crippen molar-refractivity contribution in [3.8, 4) is 0 Å². The lowest BCUT2D eigenvalue weighted by atomic mass is 10.1. The average molecular weight is 179 g/mol. The van der Waals surface area contributed by atoms with Gasteiger partial charge in [-0.1, -0.05) is 0 Å². The number of benzene rings is 1. The largest absolute Gasteiger partial charge is 0.365 e. The van der Waals surface area contributed by atoms with Gasteiger partial charge in [-0.25, -0.2) is 0 Å². The Labute approximate surface area is 77.7 Å². The first-order valence-electron chi connectivity index (χ1n) is 4.08. The van der Waals surface area contributed by atoms with Gasteiger partial charge in [-0.2, -0.15) is 0 Å². The third kappa shape index (κ3) is 2.87. The summed E-state index contributed by atoms with van der Waals surface area (Å²) in [4.78, 5) is 10.9. The Balaban J connectivity index is 2.64. The number of ether oxygens (including phenoxy) is 1. The van der Waals surface area contributed by atoms with E-state index in [9.17, 15) is 4.79 Å². The molecule has 0 bridgehead atoms. The van der Waals surface area contributed by atoms with Crippen molar-refractivity contribution in [2.24, 2.45) is 0 Å². The molecule has 3 nitrogen and oxygen atoms in total. The van der Waals surface area contributed by atoms with Crippen molar-refractivity contribution in [2.45, 2.75) is 6.92 Å². The van der Waals surface area contributed by atoms with Gasteiger partial charge in [0.1, 0.15) is 6.73 Å². The molecule has 0 spiro atoms. The van der Waals surface area contributed by atoms with E-state index < -0.39 is 0 Å². The van der Waals surface area contributed by atoms with Crippen LogP contribution >= 0.6 is 0 Å². The Morgan fingerprint density at radius 2 is 2.00 bits per heavy atom. The Morgan fingerprint density at radius 1 is 1.38 bits per heavy atom. The molecule has 0 unspecified atom stereocenters. The van der Waals surface area contributed by atoms with E-state index in [4.69, 9.17) is 4.74 Å². The number of anilines is 1. The smallest absolute Gasteiger partial charge is 0.159 e. The van der Waals surface area contributed by atoms with Gasteiger partial charge in [0, 0.05) is 18.4 Å². The van der Waals surface area contributed by atoms with Crippen molar-refractivity contribution < 1.29 is 9.53 Å². The fourth-order valence-electron chi connectivity index (χ4n) is 0.978. The van der Waals surface area contributed by atoms with E-state index in [0.29, 0.717) is 6.73 Å². The minimum atomic E-state index is 0.0818. The van der Waals surface area contributed by atoms with Crippen LogP contribution in [0.25, 0.3) is 0 Å². The number of carbonyl (C=O) groups is 1. The molecule has 1 aromatic rings. The van der Waals surface area contributed by atoms with Crippen molar-refractivity contribution in [3.63, 3.8) is 0 Å². The van der Waals surface area contributed by atoms with Crippen LogP contribution in [-0.4, -0.2) is 19.6 Å². The molecule has 0 aliphatic carbocycles. The molecule has 0 radical (unpaired) electrons. The maximum atomic E-state index is 10.9. The van der Waals surface area contributed by atoms with Gasteiger partial charge in [-0.3, -0.25) is 4.79 Å². The molecule has 1 aromatic carbocycles. The third-order valence-electron chi connectivity index (χ3n) is 1.71. The topological polar surface area (TPSA) is 38.3 Å². The van der Waals surface area contributed by atoms with Crippen molar-refractivity contribution in [2.75, 3.05) is 19.2 Å². The number of rotatable bonds is 4. The van der Waals surface area contributed by atoms with Crippen LogP contribution in [0.4, 0.5) is 5.69 Å². The highest BCUT2D eigenvalue weighted by atomic mass is 16.5. The van der Waals surface area contributed by atoms with E-state index in [0.717, 1.165) is 11.3 Å². The van der Waals surface area contributed by atoms with Gasteiger partial charge < -0.3 is 10.1 Å². The summed E-state index contributed by atoms with van der Waals surface area (Å²) in [5.74, 6) is 0.0818. The standard InChI is InChI=1S/C10H13NO2/c1-8(12)9-3-5-10(6-4-9)11-7-13-2/h3-6,11H,7H2,1-2H3. The van der Waals surface area contributed by atoms with Gasteiger partial charge in [-0.15, -0.1) is 0 Å². The first-order chi connectivity index (χ1) is 6.24. The lowest BCUT2D eigenvalue weighted by Crippen LogP contribution is -2.03. The maximum Gasteiger partial charge on any atom is 0.159 e. The predicted octanol–water partition coefficient (Wildman–Crippen LogP) is 1.91. The summed E-state index contributed by atoms with van der Waals surface area (Å²) in [6.07, 6.45) is 0. The summed E-state index contributed by atoms with van der Waals surface area (Å²) >= 11 is 0. The normalized spacial score (nSPS) is 9.69. The summed E-state index contributed by atoms with van der Waals surface area (Å²) in [6, 6.07) is 7.30. The molecule has 0 heterocycles. The van der Waals surface area contributed by atoms with Crippen LogP contribution < -0.4 is 5.32 Å². The Kier molecular flexibility index (Phi) is 3.46. The molecule has 0 saturated carbocycles. The van der Waals surface area contributed by atoms with Gasteiger partial charge >= 0.3 is 0 Å². The number of ketones is 1. The summed E-state index contributed by atoms with van der Waals surface area (Å²) < 4.78 is 4.85. The summed E-state index contributed by atoms with van der Waals surface area (Å²) in [5, 5.41) is 3.03. The first kappa shape index (κ1) is 9.74. The molecule has 0 aliphatic rings. The van der Waals surface area contributed by atoms with E-state index in [1.54, 1.807) is 26.2 Å². The monoisotopic (exact) mass is 179 g/mol. The number of hydrogen-bond donors (Lipinski definition) is 1. The van der Waals surface area contributed by atoms with Crippen molar-refractivity contribution in [3.05, 3.63) is 29.8 Å². The van der Waals surface area contributed by atoms with E-state index in [1.807, 2.05) is 12.1 Å². The minimum Gasteiger partial charge on any atom is -0.365 e. The molecular formula is C10H13NO2. The second-order valence-corrected chi connectivity index (χ2v) is 2.74. The molecular weight excluding hydrogens is 166 g/mol. The highest BCUT2D eigenvalue weighted by molar-refractivity contribution is 5.94. The van der Waals surface area contributed by atoms with Gasteiger partial charge in [-0.05, 0) is 31.2 Å². The van der Waals surface area contributed by atoms with Crippen LogP contribution in [0, 0.1) is 0 Å². The fraction of sp³-hybridized carbons (Fsp3) is 0.300. The van der Waals surface area contributed by atoms with E-state index in [-0.39, 0.29) is 5.78 Å². The van der Waals surface area contributed by atoms with Gasteiger partial charge in [0.15, 0.2) is 5.78 Å². The van der Waals surface area contributed by atoms with E-state index in [1.165, 1.54) is 0 Å². The van der Waals surface area contributed by atoms with Crippen LogP contribution in [0.1, 0.15) is 17.3 Å². The Hall–Kier alpha value is -1.35. The second-order valence-electron chi connectivity index (χ2n) is 2.74. The summed E-state index contributed by atoms with van der Waals surface area (Å²) in [5.41, 5.74) is 1.68. The molecule has 1 N–H and O–H groups in total. The zero-order chi connectivity index (χ0) is 9.68. The zero-order valence-corrected chi connectivity index (χ0v) is 7.83. The number of nitrogens with one attached hydrogen (secondary N) is 1. The average Bonchev–Trinajstić information content (AvgIpc) is 2.15.